The van der Waals surface area contributed by atoms with E-state index in [2.05, 4.69) is 29.2 Å². The van der Waals surface area contributed by atoms with E-state index in [4.69, 9.17) is 17.3 Å². The van der Waals surface area contributed by atoms with Gasteiger partial charge in [-0.15, -0.1) is 0 Å². The Bertz CT molecular complexity index is 705. The average Bonchev–Trinajstić information content (AvgIpc) is 2.53. The number of nitriles is 1. The number of rotatable bonds is 2. The van der Waals surface area contributed by atoms with E-state index < -0.39 is 0 Å². The van der Waals surface area contributed by atoms with Gasteiger partial charge in [-0.2, -0.15) is 5.26 Å². The van der Waals surface area contributed by atoms with Crippen LogP contribution < -0.4 is 10.6 Å². The maximum absolute atomic E-state index is 9.36. The Kier molecular flexibility index (Phi) is 3.83. The Morgan fingerprint density at radius 3 is 2.86 bits per heavy atom. The van der Waals surface area contributed by atoms with Crippen LogP contribution in [0.3, 0.4) is 0 Å². The van der Waals surface area contributed by atoms with Crippen LogP contribution in [0.25, 0.3) is 0 Å². The smallest absolute Gasteiger partial charge is 0.101 e. The molecule has 0 saturated carbocycles. The first kappa shape index (κ1) is 13.9. The highest BCUT2D eigenvalue weighted by atomic mass is 35.5. The van der Waals surface area contributed by atoms with Gasteiger partial charge in [0.05, 0.1) is 17.3 Å². The molecule has 1 atom stereocenters. The summed E-state index contributed by atoms with van der Waals surface area (Å²) >= 11 is 5.99. The molecule has 0 fully saturated rings. The lowest BCUT2D eigenvalue weighted by Gasteiger charge is -2.39. The van der Waals surface area contributed by atoms with Crippen molar-refractivity contribution in [3.8, 4) is 6.07 Å². The van der Waals surface area contributed by atoms with Gasteiger partial charge < -0.3 is 10.6 Å². The van der Waals surface area contributed by atoms with Crippen molar-refractivity contribution < 1.29 is 0 Å². The summed E-state index contributed by atoms with van der Waals surface area (Å²) in [5, 5.41) is 9.94. The maximum atomic E-state index is 9.36. The van der Waals surface area contributed by atoms with Crippen LogP contribution in [-0.4, -0.2) is 13.1 Å². The zero-order valence-electron chi connectivity index (χ0n) is 11.6. The van der Waals surface area contributed by atoms with Gasteiger partial charge in [0.15, 0.2) is 0 Å². The number of anilines is 1. The number of hydrogen-bond donors (Lipinski definition) is 1. The maximum Gasteiger partial charge on any atom is 0.101 e. The molecule has 1 aliphatic heterocycles. The molecule has 0 aromatic heterocycles. The number of benzene rings is 2. The molecule has 106 valence electrons. The van der Waals surface area contributed by atoms with E-state index in [0.29, 0.717) is 17.1 Å². The molecule has 0 saturated heterocycles. The number of nitrogens with zero attached hydrogens (tertiary/aromatic N) is 2. The van der Waals surface area contributed by atoms with Crippen LogP contribution in [0.2, 0.25) is 5.02 Å². The van der Waals surface area contributed by atoms with E-state index in [1.807, 2.05) is 18.2 Å². The van der Waals surface area contributed by atoms with Crippen molar-refractivity contribution in [1.82, 2.24) is 0 Å². The first-order chi connectivity index (χ1) is 10.2. The molecular weight excluding hydrogens is 282 g/mol. The highest BCUT2D eigenvalue weighted by Gasteiger charge is 2.27. The lowest BCUT2D eigenvalue weighted by molar-refractivity contribution is 0.590. The fraction of sp³-hybridized carbons (Fsp3) is 0.235. The molecule has 0 spiro atoms. The zero-order chi connectivity index (χ0) is 14.8. The van der Waals surface area contributed by atoms with Gasteiger partial charge >= 0.3 is 0 Å². The average molecular weight is 298 g/mol. The van der Waals surface area contributed by atoms with Gasteiger partial charge in [-0.05, 0) is 35.7 Å². The monoisotopic (exact) mass is 297 g/mol. The lowest BCUT2D eigenvalue weighted by atomic mass is 9.91. The minimum atomic E-state index is 0.100. The molecule has 1 unspecified atom stereocenters. The zero-order valence-corrected chi connectivity index (χ0v) is 12.3. The van der Waals surface area contributed by atoms with Crippen LogP contribution in [0, 0.1) is 11.3 Å². The molecule has 3 rings (SSSR count). The first-order valence-electron chi connectivity index (χ1n) is 6.98. The predicted molar refractivity (Wildman–Crippen MR) is 85.5 cm³/mol. The Hall–Kier alpha value is -2.02. The molecule has 2 N–H and O–H groups in total. The molecule has 0 aliphatic carbocycles. The molecule has 0 radical (unpaired) electrons. The summed E-state index contributed by atoms with van der Waals surface area (Å²) in [4.78, 5) is 2.22. The van der Waals surface area contributed by atoms with Crippen molar-refractivity contribution >= 4 is 17.3 Å². The fourth-order valence-electron chi connectivity index (χ4n) is 3.04. The molecular formula is C17H16ClN3. The van der Waals surface area contributed by atoms with E-state index in [1.165, 1.54) is 11.1 Å². The molecule has 0 amide bonds. The van der Waals surface area contributed by atoms with Gasteiger partial charge in [0, 0.05) is 18.1 Å². The molecule has 0 bridgehead atoms. The first-order valence-corrected chi connectivity index (χ1v) is 7.36. The van der Waals surface area contributed by atoms with E-state index in [9.17, 15) is 5.26 Å². The Balaban J connectivity index is 2.06. The van der Waals surface area contributed by atoms with Crippen molar-refractivity contribution in [2.75, 3.05) is 18.0 Å². The van der Waals surface area contributed by atoms with Gasteiger partial charge in [-0.3, -0.25) is 0 Å². The summed E-state index contributed by atoms with van der Waals surface area (Å²) < 4.78 is 0. The number of fused-ring (bicyclic) bond motifs is 1. The molecule has 2 aromatic rings. The minimum absolute atomic E-state index is 0.100. The van der Waals surface area contributed by atoms with E-state index in [0.717, 1.165) is 18.7 Å². The molecule has 1 heterocycles. The van der Waals surface area contributed by atoms with Crippen LogP contribution in [0.4, 0.5) is 5.69 Å². The van der Waals surface area contributed by atoms with Crippen molar-refractivity contribution in [2.45, 2.75) is 12.5 Å². The summed E-state index contributed by atoms with van der Waals surface area (Å²) in [6.45, 7) is 1.37. The molecule has 1 aliphatic rings. The third-order valence-corrected chi connectivity index (χ3v) is 4.26. The summed E-state index contributed by atoms with van der Waals surface area (Å²) in [7, 11) is 0. The van der Waals surface area contributed by atoms with Crippen LogP contribution in [0.5, 0.6) is 0 Å². The molecule has 4 heteroatoms. The highest BCUT2D eigenvalue weighted by Crippen LogP contribution is 2.35. The summed E-state index contributed by atoms with van der Waals surface area (Å²) in [5.74, 6) is 0. The van der Waals surface area contributed by atoms with Crippen molar-refractivity contribution in [2.24, 2.45) is 5.73 Å². The molecule has 2 aromatic carbocycles. The van der Waals surface area contributed by atoms with Crippen LogP contribution in [0.15, 0.2) is 42.5 Å². The van der Waals surface area contributed by atoms with Gasteiger partial charge in [0.1, 0.15) is 6.07 Å². The quantitative estimate of drug-likeness (QED) is 0.925. The third kappa shape index (κ3) is 2.49. The van der Waals surface area contributed by atoms with E-state index in [-0.39, 0.29) is 6.04 Å². The Morgan fingerprint density at radius 1 is 1.29 bits per heavy atom. The summed E-state index contributed by atoms with van der Waals surface area (Å²) in [6.07, 6.45) is 0.959. The highest BCUT2D eigenvalue weighted by molar-refractivity contribution is 6.30. The Labute approximate surface area is 129 Å². The fourth-order valence-corrected chi connectivity index (χ4v) is 3.21. The molecule has 21 heavy (non-hydrogen) atoms. The normalized spacial score (nSPS) is 17.2. The van der Waals surface area contributed by atoms with Crippen molar-refractivity contribution in [1.29, 1.82) is 5.26 Å². The molecule has 3 nitrogen and oxygen atoms in total. The SMILES string of the molecule is N#Cc1cc(Cl)ccc1N1CCc2ccccc2C1CN. The predicted octanol–water partition coefficient (Wildman–Crippen LogP) is 3.27. The van der Waals surface area contributed by atoms with Crippen molar-refractivity contribution in [3.63, 3.8) is 0 Å². The van der Waals surface area contributed by atoms with Gasteiger partial charge in [0.25, 0.3) is 0 Å². The standard InChI is InChI=1S/C17H16ClN3/c18-14-5-6-16(13(9-14)10-19)21-8-7-12-3-1-2-4-15(12)17(21)11-20/h1-6,9,17H,7-8,11,20H2. The van der Waals surface area contributed by atoms with Crippen molar-refractivity contribution in [3.05, 3.63) is 64.2 Å². The topological polar surface area (TPSA) is 53.0 Å². The minimum Gasteiger partial charge on any atom is -0.362 e. The number of halogens is 1. The summed E-state index contributed by atoms with van der Waals surface area (Å²) in [6, 6.07) is 16.2. The number of nitrogens with two attached hydrogens (primary N) is 1. The van der Waals surface area contributed by atoms with Crippen LogP contribution >= 0.6 is 11.6 Å². The van der Waals surface area contributed by atoms with E-state index >= 15 is 0 Å². The Morgan fingerprint density at radius 2 is 2.10 bits per heavy atom. The summed E-state index contributed by atoms with van der Waals surface area (Å²) in [5.41, 5.74) is 10.1. The van der Waals surface area contributed by atoms with Gasteiger partial charge in [-0.25, -0.2) is 0 Å². The second-order valence-corrected chi connectivity index (χ2v) is 5.60. The number of hydrogen-bond acceptors (Lipinski definition) is 3. The van der Waals surface area contributed by atoms with Gasteiger partial charge in [0.2, 0.25) is 0 Å². The van der Waals surface area contributed by atoms with Crippen LogP contribution in [0.1, 0.15) is 22.7 Å². The van der Waals surface area contributed by atoms with Gasteiger partial charge in [-0.1, -0.05) is 35.9 Å². The van der Waals surface area contributed by atoms with Crippen LogP contribution in [-0.2, 0) is 6.42 Å². The second kappa shape index (κ2) is 5.77. The largest absolute Gasteiger partial charge is 0.362 e. The lowest BCUT2D eigenvalue weighted by Crippen LogP contribution is -2.39. The van der Waals surface area contributed by atoms with E-state index in [1.54, 1.807) is 6.07 Å². The second-order valence-electron chi connectivity index (χ2n) is 5.17. The third-order valence-electron chi connectivity index (χ3n) is 4.02.